The Labute approximate surface area is 173 Å². The van der Waals surface area contributed by atoms with Crippen molar-refractivity contribution in [3.63, 3.8) is 0 Å². The zero-order valence-electron chi connectivity index (χ0n) is 16.1. The van der Waals surface area contributed by atoms with E-state index in [1.54, 1.807) is 12.5 Å². The number of nitrogens with one attached hydrogen (secondary N) is 1. The zero-order chi connectivity index (χ0) is 19.8. The number of amides is 1. The van der Waals surface area contributed by atoms with E-state index in [1.165, 1.54) is 11.8 Å². The average molecular weight is 413 g/mol. The molecule has 3 aliphatic heterocycles. The standard InChI is InChI=1S/C21H24N4O3S/c26-12-15-4-1-2-8-25(15)20(27)19-24-21-7-3-5-16(14-10-22-23-11-14)17(21)13-28-18(21)6-9-29-19/h3,5,7,10-11,13,15,18,26H,1-2,4,6,8-9,12H2,(H,22,23)/t15-,18?,21?/m1/s1. The summed E-state index contributed by atoms with van der Waals surface area (Å²) in [6.07, 6.45) is 15.1. The molecule has 5 rings (SSSR count). The molecule has 0 bridgehead atoms. The van der Waals surface area contributed by atoms with E-state index in [-0.39, 0.29) is 24.7 Å². The number of carbonyl (C=O) groups excluding carboxylic acids is 1. The predicted molar refractivity (Wildman–Crippen MR) is 112 cm³/mol. The van der Waals surface area contributed by atoms with Gasteiger partial charge in [-0.2, -0.15) is 5.10 Å². The molecule has 4 heterocycles. The topological polar surface area (TPSA) is 90.8 Å². The van der Waals surface area contributed by atoms with Crippen LogP contribution in [0.15, 0.2) is 47.4 Å². The number of aliphatic imine (C=N–C) groups is 1. The number of rotatable bonds is 3. The summed E-state index contributed by atoms with van der Waals surface area (Å²) in [6.45, 7) is 0.675. The summed E-state index contributed by atoms with van der Waals surface area (Å²) in [7, 11) is 0. The van der Waals surface area contributed by atoms with Gasteiger partial charge in [-0.25, -0.2) is 0 Å². The van der Waals surface area contributed by atoms with Crippen LogP contribution in [-0.2, 0) is 9.53 Å². The highest BCUT2D eigenvalue weighted by Gasteiger charge is 2.50. The van der Waals surface area contributed by atoms with Gasteiger partial charge in [0.15, 0.2) is 5.04 Å². The Balaban J connectivity index is 1.52. The van der Waals surface area contributed by atoms with Crippen molar-refractivity contribution < 1.29 is 14.6 Å². The van der Waals surface area contributed by atoms with Crippen LogP contribution < -0.4 is 0 Å². The molecule has 2 unspecified atom stereocenters. The molecule has 8 heteroatoms. The summed E-state index contributed by atoms with van der Waals surface area (Å²) in [6, 6.07) is -0.116. The maximum atomic E-state index is 13.4. The normalized spacial score (nSPS) is 31.1. The minimum Gasteiger partial charge on any atom is -0.494 e. The third kappa shape index (κ3) is 3.05. The van der Waals surface area contributed by atoms with Gasteiger partial charge in [0.05, 0.1) is 25.1 Å². The monoisotopic (exact) mass is 412 g/mol. The van der Waals surface area contributed by atoms with Crippen LogP contribution in [0.2, 0.25) is 0 Å². The summed E-state index contributed by atoms with van der Waals surface area (Å²) in [5.41, 5.74) is 2.26. The first-order chi connectivity index (χ1) is 14.2. The van der Waals surface area contributed by atoms with Crippen molar-refractivity contribution in [2.24, 2.45) is 4.99 Å². The lowest BCUT2D eigenvalue weighted by molar-refractivity contribution is -0.128. The number of hydrogen-bond acceptors (Lipinski definition) is 6. The first-order valence-electron chi connectivity index (χ1n) is 10.1. The second-order valence-corrected chi connectivity index (χ2v) is 8.88. The Hall–Kier alpha value is -2.32. The molecule has 1 aromatic heterocycles. The number of allylic oxidation sites excluding steroid dienone is 2. The number of H-pyrrole nitrogens is 1. The van der Waals surface area contributed by atoms with Crippen LogP contribution >= 0.6 is 11.8 Å². The fraction of sp³-hybridized carbons (Fsp3) is 0.476. The Morgan fingerprint density at radius 3 is 3.17 bits per heavy atom. The highest BCUT2D eigenvalue weighted by molar-refractivity contribution is 8.15. The van der Waals surface area contributed by atoms with Crippen molar-refractivity contribution in [1.82, 2.24) is 15.1 Å². The lowest BCUT2D eigenvalue weighted by atomic mass is 9.77. The highest BCUT2D eigenvalue weighted by Crippen LogP contribution is 2.48. The van der Waals surface area contributed by atoms with E-state index in [1.807, 2.05) is 23.2 Å². The maximum Gasteiger partial charge on any atom is 0.278 e. The SMILES string of the molecule is O=C(C1=NC23C=CC=C(c4cn[nH]c4)C2=COC3CCS1)N1CCCC[C@@H]1CO. The van der Waals surface area contributed by atoms with Crippen LogP contribution in [0.5, 0.6) is 0 Å². The third-order valence-corrected chi connectivity index (χ3v) is 7.15. The maximum absolute atomic E-state index is 13.4. The number of aromatic nitrogens is 2. The van der Waals surface area contributed by atoms with Crippen molar-refractivity contribution >= 4 is 28.3 Å². The minimum absolute atomic E-state index is 0.000995. The summed E-state index contributed by atoms with van der Waals surface area (Å²) in [5.74, 6) is 0.705. The number of ether oxygens (including phenoxy) is 1. The van der Waals surface area contributed by atoms with Crippen LogP contribution in [0.3, 0.4) is 0 Å². The number of hydrogen-bond donors (Lipinski definition) is 2. The lowest BCUT2D eigenvalue weighted by Crippen LogP contribution is -2.48. The van der Waals surface area contributed by atoms with Gasteiger partial charge in [-0.15, -0.1) is 11.8 Å². The summed E-state index contributed by atoms with van der Waals surface area (Å²) >= 11 is 1.50. The molecule has 3 atom stereocenters. The fourth-order valence-electron chi connectivity index (χ4n) is 4.64. The molecular formula is C21H24N4O3S. The average Bonchev–Trinajstić information content (AvgIpc) is 3.38. The summed E-state index contributed by atoms with van der Waals surface area (Å²) in [4.78, 5) is 20.3. The van der Waals surface area contributed by atoms with E-state index in [0.717, 1.165) is 48.1 Å². The molecular weight excluding hydrogens is 388 g/mol. The molecule has 29 heavy (non-hydrogen) atoms. The molecule has 4 aliphatic rings. The number of carbonyl (C=O) groups is 1. The molecule has 1 aliphatic carbocycles. The van der Waals surface area contributed by atoms with Gasteiger partial charge in [-0.05, 0) is 37.3 Å². The Morgan fingerprint density at radius 2 is 2.34 bits per heavy atom. The van der Waals surface area contributed by atoms with Crippen molar-refractivity contribution in [3.05, 3.63) is 48.0 Å². The number of piperidine rings is 1. The van der Waals surface area contributed by atoms with E-state index >= 15 is 0 Å². The van der Waals surface area contributed by atoms with Crippen molar-refractivity contribution in [1.29, 1.82) is 0 Å². The van der Waals surface area contributed by atoms with E-state index in [2.05, 4.69) is 16.3 Å². The number of aliphatic hydroxyl groups is 1. The van der Waals surface area contributed by atoms with Crippen LogP contribution in [0.1, 0.15) is 31.2 Å². The summed E-state index contributed by atoms with van der Waals surface area (Å²) < 4.78 is 6.05. The van der Waals surface area contributed by atoms with Crippen LogP contribution in [0.25, 0.3) is 5.57 Å². The van der Waals surface area contributed by atoms with E-state index in [0.29, 0.717) is 11.6 Å². The smallest absolute Gasteiger partial charge is 0.278 e. The Morgan fingerprint density at radius 1 is 1.41 bits per heavy atom. The van der Waals surface area contributed by atoms with Crippen molar-refractivity contribution in [2.45, 2.75) is 43.4 Å². The molecule has 152 valence electrons. The molecule has 1 spiro atoms. The first kappa shape index (κ1) is 18.7. The highest BCUT2D eigenvalue weighted by atomic mass is 32.2. The number of aliphatic hydroxyl groups excluding tert-OH is 1. The van der Waals surface area contributed by atoms with E-state index in [9.17, 15) is 9.90 Å². The van der Waals surface area contributed by atoms with Gasteiger partial charge in [-0.3, -0.25) is 14.9 Å². The molecule has 7 nitrogen and oxygen atoms in total. The second kappa shape index (κ2) is 7.50. The van der Waals surface area contributed by atoms with Crippen LogP contribution in [0, 0.1) is 0 Å². The lowest BCUT2D eigenvalue weighted by Gasteiger charge is -2.35. The van der Waals surface area contributed by atoms with Crippen LogP contribution in [-0.4, -0.2) is 67.7 Å². The number of aromatic amines is 1. The zero-order valence-corrected chi connectivity index (χ0v) is 16.9. The van der Waals surface area contributed by atoms with Crippen LogP contribution in [0.4, 0.5) is 0 Å². The van der Waals surface area contributed by atoms with Crippen molar-refractivity contribution in [3.8, 4) is 0 Å². The van der Waals surface area contributed by atoms with E-state index < -0.39 is 5.54 Å². The van der Waals surface area contributed by atoms with Gasteiger partial charge in [0.2, 0.25) is 0 Å². The molecule has 1 fully saturated rings. The third-order valence-electron chi connectivity index (χ3n) is 6.17. The molecule has 2 N–H and O–H groups in total. The molecule has 1 amide bonds. The Bertz CT molecular complexity index is 920. The quantitative estimate of drug-likeness (QED) is 0.795. The van der Waals surface area contributed by atoms with Gasteiger partial charge >= 0.3 is 0 Å². The van der Waals surface area contributed by atoms with E-state index in [4.69, 9.17) is 9.73 Å². The second-order valence-electron chi connectivity index (χ2n) is 7.79. The molecule has 0 aromatic carbocycles. The Kier molecular flexibility index (Phi) is 4.83. The number of likely N-dealkylation sites (tertiary alicyclic amines) is 1. The van der Waals surface area contributed by atoms with Gasteiger partial charge in [0.1, 0.15) is 11.6 Å². The summed E-state index contributed by atoms with van der Waals surface area (Å²) in [5, 5.41) is 17.2. The fourth-order valence-corrected chi connectivity index (χ4v) is 5.62. The molecule has 0 saturated carbocycles. The van der Waals surface area contributed by atoms with Gasteiger partial charge in [-0.1, -0.05) is 12.2 Å². The van der Waals surface area contributed by atoms with Gasteiger partial charge < -0.3 is 14.7 Å². The van der Waals surface area contributed by atoms with Gasteiger partial charge in [0.25, 0.3) is 5.91 Å². The number of thioether (sulfide) groups is 1. The van der Waals surface area contributed by atoms with Gasteiger partial charge in [0, 0.05) is 29.6 Å². The molecule has 0 radical (unpaired) electrons. The largest absolute Gasteiger partial charge is 0.494 e. The predicted octanol–water partition coefficient (Wildman–Crippen LogP) is 2.29. The molecule has 1 saturated heterocycles. The molecule has 1 aromatic rings. The van der Waals surface area contributed by atoms with Crippen molar-refractivity contribution in [2.75, 3.05) is 18.9 Å². The minimum atomic E-state index is -0.694. The first-order valence-corrected chi connectivity index (χ1v) is 11.1. The number of nitrogens with zero attached hydrogens (tertiary/aromatic N) is 3.